The van der Waals surface area contributed by atoms with Crippen LogP contribution in [0.2, 0.25) is 5.02 Å². The largest absolute Gasteiger partial charge is 0.294 e. The highest BCUT2D eigenvalue weighted by Crippen LogP contribution is 2.16. The van der Waals surface area contributed by atoms with Crippen molar-refractivity contribution in [3.63, 3.8) is 0 Å². The van der Waals surface area contributed by atoms with Crippen molar-refractivity contribution in [1.29, 1.82) is 0 Å². The first-order valence-electron chi connectivity index (χ1n) is 3.69. The average molecular weight is 221 g/mol. The molecule has 1 aromatic rings. The molecule has 0 unspecified atom stereocenters. The van der Waals surface area contributed by atoms with E-state index in [0.29, 0.717) is 5.02 Å². The zero-order valence-corrected chi connectivity index (χ0v) is 8.20. The summed E-state index contributed by atoms with van der Waals surface area (Å²) < 4.78 is 13.0. The highest BCUT2D eigenvalue weighted by atomic mass is 35.5. The molecule has 70 valence electrons. The minimum atomic E-state index is -0.556. The number of rotatable bonds is 3. The third-order valence-electron chi connectivity index (χ3n) is 1.55. The van der Waals surface area contributed by atoms with Gasteiger partial charge in [0.15, 0.2) is 5.78 Å². The lowest BCUT2D eigenvalue weighted by Gasteiger charge is -2.00. The van der Waals surface area contributed by atoms with Crippen LogP contribution in [-0.2, 0) is 0 Å². The Morgan fingerprint density at radius 2 is 2.15 bits per heavy atom. The van der Waals surface area contributed by atoms with Crippen LogP contribution in [0.5, 0.6) is 0 Å². The highest BCUT2D eigenvalue weighted by molar-refractivity contribution is 6.31. The third kappa shape index (κ3) is 2.68. The first kappa shape index (κ1) is 10.5. The fourth-order valence-electron chi connectivity index (χ4n) is 0.932. The number of benzene rings is 1. The van der Waals surface area contributed by atoms with Crippen molar-refractivity contribution in [2.24, 2.45) is 0 Å². The molecule has 0 bridgehead atoms. The SMILES string of the molecule is O=C(CCCl)c1cc(Cl)ccc1F. The molecule has 0 aromatic heterocycles. The van der Waals surface area contributed by atoms with Crippen molar-refractivity contribution in [2.45, 2.75) is 6.42 Å². The molecule has 0 aliphatic heterocycles. The number of ketones is 1. The molecule has 0 saturated carbocycles. The van der Waals surface area contributed by atoms with E-state index in [1.165, 1.54) is 18.2 Å². The Kier molecular flexibility index (Phi) is 3.70. The summed E-state index contributed by atoms with van der Waals surface area (Å²) in [6.45, 7) is 0. The van der Waals surface area contributed by atoms with Gasteiger partial charge >= 0.3 is 0 Å². The second kappa shape index (κ2) is 4.58. The van der Waals surface area contributed by atoms with Crippen LogP contribution in [-0.4, -0.2) is 11.7 Å². The average Bonchev–Trinajstić information content (AvgIpc) is 2.09. The molecule has 1 aromatic carbocycles. The molecule has 0 atom stereocenters. The van der Waals surface area contributed by atoms with Gasteiger partial charge in [0.1, 0.15) is 5.82 Å². The predicted octanol–water partition coefficient (Wildman–Crippen LogP) is 3.29. The molecule has 0 aliphatic carbocycles. The molecule has 0 spiro atoms. The fraction of sp³-hybridized carbons (Fsp3) is 0.222. The van der Waals surface area contributed by atoms with Gasteiger partial charge in [0.05, 0.1) is 5.56 Å². The van der Waals surface area contributed by atoms with Crippen molar-refractivity contribution >= 4 is 29.0 Å². The summed E-state index contributed by atoms with van der Waals surface area (Å²) in [6, 6.07) is 3.88. The number of hydrogen-bond donors (Lipinski definition) is 0. The van der Waals surface area contributed by atoms with Crippen LogP contribution in [0, 0.1) is 5.82 Å². The van der Waals surface area contributed by atoms with Crippen LogP contribution in [0.4, 0.5) is 4.39 Å². The standard InChI is InChI=1S/C9H7Cl2FO/c10-4-3-9(13)7-5-6(11)1-2-8(7)12/h1-2,5H,3-4H2. The fourth-order valence-corrected chi connectivity index (χ4v) is 1.28. The molecular weight excluding hydrogens is 214 g/mol. The minimum Gasteiger partial charge on any atom is -0.294 e. The van der Waals surface area contributed by atoms with E-state index < -0.39 is 5.82 Å². The third-order valence-corrected chi connectivity index (χ3v) is 1.97. The number of carbonyl (C=O) groups is 1. The maximum Gasteiger partial charge on any atom is 0.167 e. The Morgan fingerprint density at radius 1 is 1.46 bits per heavy atom. The molecule has 1 nitrogen and oxygen atoms in total. The molecule has 0 radical (unpaired) electrons. The zero-order valence-electron chi connectivity index (χ0n) is 6.69. The van der Waals surface area contributed by atoms with Gasteiger partial charge in [-0.15, -0.1) is 11.6 Å². The molecule has 0 saturated heterocycles. The Morgan fingerprint density at radius 3 is 2.77 bits per heavy atom. The van der Waals surface area contributed by atoms with Gasteiger partial charge in [-0.3, -0.25) is 4.79 Å². The van der Waals surface area contributed by atoms with E-state index in [-0.39, 0.29) is 23.6 Å². The molecular formula is C9H7Cl2FO. The number of carbonyl (C=O) groups excluding carboxylic acids is 1. The van der Waals surface area contributed by atoms with Gasteiger partial charge in [-0.2, -0.15) is 0 Å². The predicted molar refractivity (Wildman–Crippen MR) is 51.1 cm³/mol. The topological polar surface area (TPSA) is 17.1 Å². The molecule has 0 fully saturated rings. The van der Waals surface area contributed by atoms with E-state index in [4.69, 9.17) is 23.2 Å². The van der Waals surface area contributed by atoms with Crippen LogP contribution >= 0.6 is 23.2 Å². The smallest absolute Gasteiger partial charge is 0.167 e. The number of halogens is 3. The van der Waals surface area contributed by atoms with Crippen LogP contribution in [0.3, 0.4) is 0 Å². The van der Waals surface area contributed by atoms with Gasteiger partial charge in [-0.1, -0.05) is 11.6 Å². The summed E-state index contributed by atoms with van der Waals surface area (Å²) >= 11 is 11.0. The van der Waals surface area contributed by atoms with E-state index in [9.17, 15) is 9.18 Å². The summed E-state index contributed by atoms with van der Waals surface area (Å²) in [4.78, 5) is 11.2. The zero-order chi connectivity index (χ0) is 9.84. The van der Waals surface area contributed by atoms with E-state index in [2.05, 4.69) is 0 Å². The van der Waals surface area contributed by atoms with E-state index in [0.717, 1.165) is 0 Å². The van der Waals surface area contributed by atoms with E-state index >= 15 is 0 Å². The van der Waals surface area contributed by atoms with Crippen LogP contribution in [0.25, 0.3) is 0 Å². The maximum atomic E-state index is 13.0. The maximum absolute atomic E-state index is 13.0. The molecule has 0 heterocycles. The van der Waals surface area contributed by atoms with Crippen molar-refractivity contribution in [3.8, 4) is 0 Å². The van der Waals surface area contributed by atoms with Gasteiger partial charge < -0.3 is 0 Å². The van der Waals surface area contributed by atoms with Gasteiger partial charge in [-0.25, -0.2) is 4.39 Å². The number of alkyl halides is 1. The van der Waals surface area contributed by atoms with Gasteiger partial charge in [0, 0.05) is 17.3 Å². The molecule has 4 heteroatoms. The second-order valence-corrected chi connectivity index (χ2v) is 3.30. The van der Waals surface area contributed by atoms with Crippen LogP contribution < -0.4 is 0 Å². The van der Waals surface area contributed by atoms with Gasteiger partial charge in [-0.05, 0) is 18.2 Å². The highest BCUT2D eigenvalue weighted by Gasteiger charge is 2.10. The Hall–Kier alpha value is -0.600. The van der Waals surface area contributed by atoms with E-state index in [1.807, 2.05) is 0 Å². The van der Waals surface area contributed by atoms with Gasteiger partial charge in [0.2, 0.25) is 0 Å². The van der Waals surface area contributed by atoms with Crippen LogP contribution in [0.15, 0.2) is 18.2 Å². The summed E-state index contributed by atoms with van der Waals surface area (Å²) in [5, 5.41) is 0.347. The summed E-state index contributed by atoms with van der Waals surface area (Å²) in [7, 11) is 0. The van der Waals surface area contributed by atoms with Crippen molar-refractivity contribution in [3.05, 3.63) is 34.6 Å². The van der Waals surface area contributed by atoms with Crippen molar-refractivity contribution < 1.29 is 9.18 Å². The first-order chi connectivity index (χ1) is 6.15. The lowest BCUT2D eigenvalue weighted by Crippen LogP contribution is -2.02. The molecule has 0 aliphatic rings. The van der Waals surface area contributed by atoms with Crippen molar-refractivity contribution in [1.82, 2.24) is 0 Å². The molecule has 13 heavy (non-hydrogen) atoms. The molecule has 1 rings (SSSR count). The summed E-state index contributed by atoms with van der Waals surface area (Å²) in [5.41, 5.74) is 0.00755. The van der Waals surface area contributed by atoms with Crippen LogP contribution in [0.1, 0.15) is 16.8 Å². The minimum absolute atomic E-state index is 0.00755. The molecule has 0 amide bonds. The Balaban J connectivity index is 2.99. The summed E-state index contributed by atoms with van der Waals surface area (Å²) in [5.74, 6) is -0.695. The Bertz CT molecular complexity index is 325. The molecule has 0 N–H and O–H groups in total. The monoisotopic (exact) mass is 220 g/mol. The van der Waals surface area contributed by atoms with Gasteiger partial charge in [0.25, 0.3) is 0 Å². The number of Topliss-reactive ketones (excluding diaryl/α,β-unsaturated/α-hetero) is 1. The van der Waals surface area contributed by atoms with E-state index in [1.54, 1.807) is 0 Å². The second-order valence-electron chi connectivity index (χ2n) is 2.49. The summed E-state index contributed by atoms with van der Waals surface area (Å²) in [6.07, 6.45) is 0.124. The lowest BCUT2D eigenvalue weighted by molar-refractivity contribution is 0.0985. The normalized spacial score (nSPS) is 10.1. The first-order valence-corrected chi connectivity index (χ1v) is 4.60. The quantitative estimate of drug-likeness (QED) is 0.565. The lowest BCUT2D eigenvalue weighted by atomic mass is 10.1. The number of hydrogen-bond acceptors (Lipinski definition) is 1. The van der Waals surface area contributed by atoms with Crippen molar-refractivity contribution in [2.75, 3.05) is 5.88 Å². The Labute approximate surface area is 85.5 Å².